The fraction of sp³-hybridized carbons (Fsp3) is 1.00. The molecule has 6 heteroatoms. The predicted octanol–water partition coefficient (Wildman–Crippen LogP) is -2.83. The molecule has 0 spiro atoms. The number of hydrogen-bond acceptors (Lipinski definition) is 5. The largest absolute Gasteiger partial charge is 0.394 e. The standard InChI is InChI=1S/C5H13NO4.FH/c6-1-3(8)5(10)4(9)2-7;/h3-5,7-10H,1-2,6H2;1H. The minimum atomic E-state index is -1.37. The van der Waals surface area contributed by atoms with Crippen LogP contribution in [0, 0.1) is 0 Å². The fourth-order valence-electron chi connectivity index (χ4n) is 0.504. The third-order valence-corrected chi connectivity index (χ3v) is 1.22. The van der Waals surface area contributed by atoms with Crippen LogP contribution in [0.3, 0.4) is 0 Å². The molecule has 0 bridgehead atoms. The summed E-state index contributed by atoms with van der Waals surface area (Å²) < 4.78 is 0. The molecule has 0 radical (unpaired) electrons. The number of nitrogens with two attached hydrogens (primary N) is 1. The molecule has 70 valence electrons. The van der Waals surface area contributed by atoms with Crippen molar-refractivity contribution < 1.29 is 25.1 Å². The number of aliphatic hydroxyl groups excluding tert-OH is 4. The summed E-state index contributed by atoms with van der Waals surface area (Å²) in [5.41, 5.74) is 4.96. The van der Waals surface area contributed by atoms with Gasteiger partial charge in [-0.05, 0) is 0 Å². The summed E-state index contributed by atoms with van der Waals surface area (Å²) in [5, 5.41) is 34.6. The second-order valence-corrected chi connectivity index (χ2v) is 2.04. The van der Waals surface area contributed by atoms with Gasteiger partial charge in [0.2, 0.25) is 0 Å². The molecule has 6 N–H and O–H groups in total. The zero-order chi connectivity index (χ0) is 8.15. The third kappa shape index (κ3) is 4.23. The van der Waals surface area contributed by atoms with E-state index >= 15 is 0 Å². The van der Waals surface area contributed by atoms with Crippen LogP contribution in [0.5, 0.6) is 0 Å². The molecule has 0 aliphatic rings. The lowest BCUT2D eigenvalue weighted by molar-refractivity contribution is -0.0727. The van der Waals surface area contributed by atoms with Crippen molar-refractivity contribution >= 4 is 0 Å². The van der Waals surface area contributed by atoms with E-state index < -0.39 is 24.9 Å². The molecule has 0 aromatic carbocycles. The van der Waals surface area contributed by atoms with Crippen molar-refractivity contribution in [3.63, 3.8) is 0 Å². The highest BCUT2D eigenvalue weighted by Gasteiger charge is 2.22. The Labute approximate surface area is 63.4 Å². The van der Waals surface area contributed by atoms with Crippen LogP contribution in [-0.2, 0) is 0 Å². The Balaban J connectivity index is 0. The van der Waals surface area contributed by atoms with Gasteiger partial charge in [-0.15, -0.1) is 0 Å². The van der Waals surface area contributed by atoms with Gasteiger partial charge < -0.3 is 26.2 Å². The van der Waals surface area contributed by atoms with Crippen molar-refractivity contribution in [3.05, 3.63) is 0 Å². The second-order valence-electron chi connectivity index (χ2n) is 2.04. The Bertz CT molecular complexity index is 84.6. The SMILES string of the molecule is F.NCC(O)C(O)C(O)CO. The fourth-order valence-corrected chi connectivity index (χ4v) is 0.504. The first kappa shape index (κ1) is 13.3. The van der Waals surface area contributed by atoms with Crippen LogP contribution in [0.15, 0.2) is 0 Å². The highest BCUT2D eigenvalue weighted by molar-refractivity contribution is 4.74. The van der Waals surface area contributed by atoms with E-state index in [0.29, 0.717) is 0 Å². The lowest BCUT2D eigenvalue weighted by atomic mass is 10.1. The minimum absolute atomic E-state index is 0. The van der Waals surface area contributed by atoms with E-state index in [4.69, 9.17) is 26.2 Å². The van der Waals surface area contributed by atoms with E-state index in [-0.39, 0.29) is 11.2 Å². The Morgan fingerprint density at radius 3 is 1.82 bits per heavy atom. The van der Waals surface area contributed by atoms with Gasteiger partial charge >= 0.3 is 0 Å². The van der Waals surface area contributed by atoms with Gasteiger partial charge in [0, 0.05) is 6.54 Å². The first-order valence-corrected chi connectivity index (χ1v) is 2.98. The minimum Gasteiger partial charge on any atom is -0.394 e. The summed E-state index contributed by atoms with van der Waals surface area (Å²) in [6.45, 7) is -0.726. The summed E-state index contributed by atoms with van der Waals surface area (Å²) in [5.74, 6) is 0. The molecule has 3 unspecified atom stereocenters. The predicted molar refractivity (Wildman–Crippen MR) is 36.7 cm³/mol. The van der Waals surface area contributed by atoms with Crippen LogP contribution in [0.1, 0.15) is 0 Å². The van der Waals surface area contributed by atoms with E-state index in [0.717, 1.165) is 0 Å². The maximum absolute atomic E-state index is 8.85. The summed E-state index contributed by atoms with van der Waals surface area (Å²) in [7, 11) is 0. The van der Waals surface area contributed by atoms with Gasteiger partial charge in [-0.25, -0.2) is 0 Å². The summed E-state index contributed by atoms with van der Waals surface area (Å²) in [4.78, 5) is 0. The lowest BCUT2D eigenvalue weighted by Crippen LogP contribution is -2.43. The van der Waals surface area contributed by atoms with Crippen molar-refractivity contribution in [1.29, 1.82) is 0 Å². The molecule has 0 fully saturated rings. The van der Waals surface area contributed by atoms with Crippen LogP contribution in [0.2, 0.25) is 0 Å². The molecular weight excluding hydrogens is 157 g/mol. The van der Waals surface area contributed by atoms with E-state index in [1.54, 1.807) is 0 Å². The molecule has 0 saturated heterocycles. The molecule has 0 aliphatic heterocycles. The van der Waals surface area contributed by atoms with Crippen LogP contribution in [-0.4, -0.2) is 51.9 Å². The normalized spacial score (nSPS) is 18.3. The van der Waals surface area contributed by atoms with Crippen molar-refractivity contribution in [3.8, 4) is 0 Å². The number of halogens is 1. The molecule has 0 aromatic rings. The van der Waals surface area contributed by atoms with Crippen molar-refractivity contribution in [2.45, 2.75) is 18.3 Å². The lowest BCUT2D eigenvalue weighted by Gasteiger charge is -2.19. The molecule has 3 atom stereocenters. The highest BCUT2D eigenvalue weighted by Crippen LogP contribution is 1.97. The van der Waals surface area contributed by atoms with Crippen LogP contribution in [0.4, 0.5) is 4.70 Å². The Morgan fingerprint density at radius 1 is 1.09 bits per heavy atom. The van der Waals surface area contributed by atoms with Crippen LogP contribution < -0.4 is 5.73 Å². The monoisotopic (exact) mass is 171 g/mol. The van der Waals surface area contributed by atoms with E-state index in [1.165, 1.54) is 0 Å². The van der Waals surface area contributed by atoms with E-state index in [2.05, 4.69) is 0 Å². The van der Waals surface area contributed by atoms with Crippen LogP contribution in [0.25, 0.3) is 0 Å². The maximum atomic E-state index is 8.85. The summed E-state index contributed by atoms with van der Waals surface area (Å²) in [6, 6.07) is 0. The zero-order valence-electron chi connectivity index (χ0n) is 5.92. The van der Waals surface area contributed by atoms with Crippen LogP contribution >= 0.6 is 0 Å². The molecule has 0 rings (SSSR count). The average Bonchev–Trinajstić information content (AvgIpc) is 2.00. The summed E-state index contributed by atoms with van der Waals surface area (Å²) in [6.07, 6.45) is -3.87. The molecule has 0 amide bonds. The first-order chi connectivity index (χ1) is 4.63. The zero-order valence-corrected chi connectivity index (χ0v) is 5.92. The number of aliphatic hydroxyl groups is 4. The molecular formula is C5H14FNO4. The van der Waals surface area contributed by atoms with Gasteiger partial charge in [0.25, 0.3) is 0 Å². The third-order valence-electron chi connectivity index (χ3n) is 1.22. The van der Waals surface area contributed by atoms with Gasteiger partial charge in [-0.1, -0.05) is 0 Å². The Morgan fingerprint density at radius 2 is 1.55 bits per heavy atom. The molecule has 5 nitrogen and oxygen atoms in total. The second kappa shape index (κ2) is 6.44. The smallest absolute Gasteiger partial charge is 0.109 e. The summed E-state index contributed by atoms with van der Waals surface area (Å²) >= 11 is 0. The highest BCUT2D eigenvalue weighted by atomic mass is 19.0. The molecule has 0 saturated carbocycles. The van der Waals surface area contributed by atoms with Gasteiger partial charge in [0.15, 0.2) is 0 Å². The molecule has 0 aromatic heterocycles. The maximum Gasteiger partial charge on any atom is 0.109 e. The quantitative estimate of drug-likeness (QED) is 0.313. The molecule has 0 heterocycles. The van der Waals surface area contributed by atoms with Crippen molar-refractivity contribution in [2.75, 3.05) is 13.2 Å². The molecule has 0 aliphatic carbocycles. The van der Waals surface area contributed by atoms with Gasteiger partial charge in [-0.3, -0.25) is 4.70 Å². The Kier molecular flexibility index (Phi) is 7.80. The van der Waals surface area contributed by atoms with Crippen molar-refractivity contribution in [1.82, 2.24) is 0 Å². The van der Waals surface area contributed by atoms with Gasteiger partial charge in [0.1, 0.15) is 12.2 Å². The molecule has 11 heavy (non-hydrogen) atoms. The Hall–Kier alpha value is -0.270. The number of hydrogen-bond donors (Lipinski definition) is 5. The number of rotatable bonds is 4. The van der Waals surface area contributed by atoms with E-state index in [9.17, 15) is 0 Å². The topological polar surface area (TPSA) is 107 Å². The van der Waals surface area contributed by atoms with E-state index in [1.807, 2.05) is 0 Å². The average molecular weight is 171 g/mol. The first-order valence-electron chi connectivity index (χ1n) is 2.98. The van der Waals surface area contributed by atoms with Gasteiger partial charge in [0.05, 0.1) is 12.7 Å². The van der Waals surface area contributed by atoms with Gasteiger partial charge in [-0.2, -0.15) is 0 Å². The van der Waals surface area contributed by atoms with Crippen molar-refractivity contribution in [2.24, 2.45) is 5.73 Å².